The molecule has 1 aliphatic rings. The Hall–Kier alpha value is -4.36. The van der Waals surface area contributed by atoms with E-state index in [-0.39, 0.29) is 22.9 Å². The highest BCUT2D eigenvalue weighted by Gasteiger charge is 2.27. The number of hydrogen-bond donors (Lipinski definition) is 2. The first-order valence-electron chi connectivity index (χ1n) is 11.6. The van der Waals surface area contributed by atoms with Crippen LogP contribution in [0.3, 0.4) is 0 Å². The Morgan fingerprint density at radius 2 is 2.06 bits per heavy atom. The van der Waals surface area contributed by atoms with Crippen LogP contribution in [-0.4, -0.2) is 58.5 Å². The monoisotopic (exact) mass is 485 g/mol. The standard InChI is InChI=1S/C26H24FN7O2/c1-29-26(36)22-5-3-18(13-30-22)34-9-8-33(15-19(34)6-7-28)14-16-10-23-24(31-12-16)20-4-2-17(27)11-21(20)25(35)32-23/h2-5,10-13,19H,6,8-9,14-15H2,1H3,(H,29,36)(H,32,35)/t19-/m1/s1. The number of aromatic nitrogens is 3. The summed E-state index contributed by atoms with van der Waals surface area (Å²) >= 11 is 0. The number of nitrogens with zero attached hydrogens (tertiary/aromatic N) is 5. The molecule has 1 aliphatic heterocycles. The van der Waals surface area contributed by atoms with E-state index in [1.54, 1.807) is 31.6 Å². The van der Waals surface area contributed by atoms with Crippen LogP contribution in [0.25, 0.3) is 21.8 Å². The van der Waals surface area contributed by atoms with Crippen LogP contribution in [0.1, 0.15) is 22.5 Å². The number of nitriles is 1. The molecule has 1 aromatic carbocycles. The highest BCUT2D eigenvalue weighted by molar-refractivity contribution is 6.02. The third-order valence-electron chi connectivity index (χ3n) is 6.51. The molecule has 0 bridgehead atoms. The van der Waals surface area contributed by atoms with Gasteiger partial charge in [-0.2, -0.15) is 5.26 Å². The quantitative estimate of drug-likeness (QED) is 0.417. The van der Waals surface area contributed by atoms with E-state index >= 15 is 0 Å². The Labute approximate surface area is 206 Å². The van der Waals surface area contributed by atoms with Crippen molar-refractivity contribution in [1.82, 2.24) is 25.2 Å². The highest BCUT2D eigenvalue weighted by atomic mass is 19.1. The zero-order valence-electron chi connectivity index (χ0n) is 19.7. The van der Waals surface area contributed by atoms with Crippen LogP contribution in [0.2, 0.25) is 0 Å². The Morgan fingerprint density at radius 1 is 1.19 bits per heavy atom. The Morgan fingerprint density at radius 3 is 2.81 bits per heavy atom. The summed E-state index contributed by atoms with van der Waals surface area (Å²) in [6.45, 7) is 2.72. The maximum absolute atomic E-state index is 13.6. The lowest BCUT2D eigenvalue weighted by atomic mass is 10.1. The van der Waals surface area contributed by atoms with Crippen molar-refractivity contribution in [1.29, 1.82) is 5.26 Å². The summed E-state index contributed by atoms with van der Waals surface area (Å²) in [4.78, 5) is 40.3. The van der Waals surface area contributed by atoms with Crippen molar-refractivity contribution in [2.24, 2.45) is 0 Å². The van der Waals surface area contributed by atoms with Crippen molar-refractivity contribution >= 4 is 33.4 Å². The van der Waals surface area contributed by atoms with Gasteiger partial charge in [0, 0.05) is 44.8 Å². The minimum Gasteiger partial charge on any atom is -0.364 e. The van der Waals surface area contributed by atoms with Gasteiger partial charge in [0.05, 0.1) is 46.8 Å². The number of aromatic amines is 1. The normalized spacial score (nSPS) is 16.2. The second-order valence-corrected chi connectivity index (χ2v) is 8.81. The van der Waals surface area contributed by atoms with Crippen LogP contribution in [0.15, 0.2) is 53.6 Å². The number of H-pyrrole nitrogens is 1. The molecule has 4 heterocycles. The molecule has 1 fully saturated rings. The average molecular weight is 486 g/mol. The fourth-order valence-corrected chi connectivity index (χ4v) is 4.76. The molecule has 2 N–H and O–H groups in total. The molecule has 1 atom stereocenters. The fraction of sp³-hybridized carbons (Fsp3) is 0.269. The maximum atomic E-state index is 13.6. The molecule has 182 valence electrons. The van der Waals surface area contributed by atoms with Crippen molar-refractivity contribution < 1.29 is 9.18 Å². The number of nitrogens with one attached hydrogen (secondary N) is 2. The van der Waals surface area contributed by atoms with E-state index in [1.807, 2.05) is 12.1 Å². The third-order valence-corrected chi connectivity index (χ3v) is 6.51. The lowest BCUT2D eigenvalue weighted by molar-refractivity contribution is 0.0958. The van der Waals surface area contributed by atoms with Crippen molar-refractivity contribution in [2.75, 3.05) is 31.6 Å². The number of pyridine rings is 3. The second kappa shape index (κ2) is 9.71. The fourth-order valence-electron chi connectivity index (χ4n) is 4.76. The Bertz CT molecular complexity index is 1540. The molecule has 0 saturated carbocycles. The number of hydrogen-bond acceptors (Lipinski definition) is 7. The van der Waals surface area contributed by atoms with Gasteiger partial charge in [-0.3, -0.25) is 19.5 Å². The van der Waals surface area contributed by atoms with Gasteiger partial charge in [-0.25, -0.2) is 9.37 Å². The third kappa shape index (κ3) is 4.48. The molecule has 9 nitrogen and oxygen atoms in total. The molecule has 1 saturated heterocycles. The summed E-state index contributed by atoms with van der Waals surface area (Å²) in [5.41, 5.74) is 3.02. The number of carbonyl (C=O) groups excluding carboxylic acids is 1. The van der Waals surface area contributed by atoms with E-state index in [9.17, 15) is 19.2 Å². The minimum absolute atomic E-state index is 0.0385. The van der Waals surface area contributed by atoms with Crippen molar-refractivity contribution in [2.45, 2.75) is 19.0 Å². The molecular weight excluding hydrogens is 461 g/mol. The predicted molar refractivity (Wildman–Crippen MR) is 134 cm³/mol. The molecule has 3 aromatic heterocycles. The number of benzene rings is 1. The molecule has 0 unspecified atom stereocenters. The lowest BCUT2D eigenvalue weighted by Gasteiger charge is -2.42. The van der Waals surface area contributed by atoms with E-state index in [0.29, 0.717) is 48.2 Å². The van der Waals surface area contributed by atoms with Gasteiger partial charge < -0.3 is 15.2 Å². The van der Waals surface area contributed by atoms with Crippen molar-refractivity contribution in [3.63, 3.8) is 0 Å². The highest BCUT2D eigenvalue weighted by Crippen LogP contribution is 2.25. The largest absolute Gasteiger partial charge is 0.364 e. The SMILES string of the molecule is CNC(=O)c1ccc(N2CCN(Cc3cnc4c(c3)[nH]c(=O)c3cc(F)ccc34)C[C@H]2CC#N)cn1. The van der Waals surface area contributed by atoms with E-state index in [0.717, 1.165) is 17.8 Å². The molecule has 5 rings (SSSR count). The first-order valence-corrected chi connectivity index (χ1v) is 11.6. The Balaban J connectivity index is 1.35. The smallest absolute Gasteiger partial charge is 0.269 e. The number of rotatable bonds is 5. The maximum Gasteiger partial charge on any atom is 0.269 e. The minimum atomic E-state index is -0.465. The predicted octanol–water partition coefficient (Wildman–Crippen LogP) is 2.57. The van der Waals surface area contributed by atoms with Gasteiger partial charge >= 0.3 is 0 Å². The first kappa shape index (κ1) is 23.4. The average Bonchev–Trinajstić information content (AvgIpc) is 2.89. The van der Waals surface area contributed by atoms with Gasteiger partial charge in [-0.1, -0.05) is 0 Å². The van der Waals surface area contributed by atoms with E-state index in [2.05, 4.69) is 36.1 Å². The van der Waals surface area contributed by atoms with E-state index < -0.39 is 5.82 Å². The van der Waals surface area contributed by atoms with Gasteiger partial charge in [0.25, 0.3) is 11.5 Å². The molecule has 4 aromatic rings. The number of halogens is 1. The summed E-state index contributed by atoms with van der Waals surface area (Å²) in [5, 5.41) is 12.9. The zero-order chi connectivity index (χ0) is 25.2. The molecule has 0 aliphatic carbocycles. The topological polar surface area (TPSA) is 118 Å². The Kier molecular flexibility index (Phi) is 6.31. The zero-order valence-corrected chi connectivity index (χ0v) is 19.7. The summed E-state index contributed by atoms with van der Waals surface area (Å²) in [6.07, 6.45) is 3.79. The molecule has 1 amide bonds. The summed E-state index contributed by atoms with van der Waals surface area (Å²) < 4.78 is 13.6. The van der Waals surface area contributed by atoms with Crippen LogP contribution < -0.4 is 15.8 Å². The second-order valence-electron chi connectivity index (χ2n) is 8.81. The summed E-state index contributed by atoms with van der Waals surface area (Å²) in [5.74, 6) is -0.710. The van der Waals surface area contributed by atoms with Gasteiger partial charge in [-0.15, -0.1) is 0 Å². The number of amides is 1. The number of piperazine rings is 1. The van der Waals surface area contributed by atoms with Gasteiger partial charge in [0.1, 0.15) is 11.5 Å². The number of anilines is 1. The molecule has 0 spiro atoms. The lowest BCUT2D eigenvalue weighted by Crippen LogP contribution is -2.52. The van der Waals surface area contributed by atoms with Crippen molar-refractivity contribution in [3.8, 4) is 6.07 Å². The van der Waals surface area contributed by atoms with Crippen LogP contribution in [0.4, 0.5) is 10.1 Å². The van der Waals surface area contributed by atoms with Crippen LogP contribution in [0.5, 0.6) is 0 Å². The number of carbonyl (C=O) groups is 1. The molecular formula is C26H24FN7O2. The summed E-state index contributed by atoms with van der Waals surface area (Å²) in [6, 6.07) is 11.8. The van der Waals surface area contributed by atoms with Gasteiger partial charge in [0.15, 0.2) is 0 Å². The van der Waals surface area contributed by atoms with Crippen molar-refractivity contribution in [3.05, 3.63) is 76.2 Å². The van der Waals surface area contributed by atoms with E-state index in [4.69, 9.17) is 0 Å². The van der Waals surface area contributed by atoms with Gasteiger partial charge in [-0.05, 0) is 42.0 Å². The van der Waals surface area contributed by atoms with Gasteiger partial charge in [0.2, 0.25) is 0 Å². The van der Waals surface area contributed by atoms with Crippen LogP contribution in [0, 0.1) is 17.1 Å². The van der Waals surface area contributed by atoms with E-state index in [1.165, 1.54) is 12.1 Å². The number of fused-ring (bicyclic) bond motifs is 3. The van der Waals surface area contributed by atoms with Crippen LogP contribution in [-0.2, 0) is 6.54 Å². The van der Waals surface area contributed by atoms with Crippen LogP contribution >= 0.6 is 0 Å². The molecule has 36 heavy (non-hydrogen) atoms. The first-order chi connectivity index (χ1) is 17.5. The summed E-state index contributed by atoms with van der Waals surface area (Å²) in [7, 11) is 1.56. The molecule has 0 radical (unpaired) electrons. The molecule has 10 heteroatoms.